The Labute approximate surface area is 130 Å². The van der Waals surface area contributed by atoms with Crippen LogP contribution in [0.5, 0.6) is 0 Å². The van der Waals surface area contributed by atoms with E-state index in [1.54, 1.807) is 24.3 Å². The molecule has 0 aromatic heterocycles. The predicted molar refractivity (Wildman–Crippen MR) is 85.6 cm³/mol. The fraction of sp³-hybridized carbons (Fsp3) is 0.500. The molecule has 116 valence electrons. The van der Waals surface area contributed by atoms with Gasteiger partial charge in [0.05, 0.1) is 16.0 Å². The summed E-state index contributed by atoms with van der Waals surface area (Å²) in [5, 5.41) is 0. The highest BCUT2D eigenvalue weighted by atomic mass is 32.2. The Kier molecular flexibility index (Phi) is 5.32. The highest BCUT2D eigenvalue weighted by molar-refractivity contribution is 7.89. The summed E-state index contributed by atoms with van der Waals surface area (Å²) in [5.74, 6) is 0.230. The van der Waals surface area contributed by atoms with Crippen molar-refractivity contribution in [2.75, 3.05) is 13.2 Å². The van der Waals surface area contributed by atoms with Crippen LogP contribution in [-0.4, -0.2) is 32.7 Å². The Morgan fingerprint density at radius 2 is 2.10 bits per heavy atom. The molecule has 1 aliphatic rings. The predicted octanol–water partition coefficient (Wildman–Crippen LogP) is 1.22. The molecule has 0 saturated carbocycles. The van der Waals surface area contributed by atoms with E-state index in [0.717, 1.165) is 12.0 Å². The van der Waals surface area contributed by atoms with E-state index < -0.39 is 10.0 Å². The number of sulfonamides is 1. The molecule has 1 aromatic rings. The monoisotopic (exact) mass is 328 g/mol. The van der Waals surface area contributed by atoms with Crippen molar-refractivity contribution in [2.45, 2.75) is 30.8 Å². The van der Waals surface area contributed by atoms with Crippen LogP contribution in [0, 0.1) is 5.92 Å². The van der Waals surface area contributed by atoms with Crippen molar-refractivity contribution in [1.82, 2.24) is 4.72 Å². The first kappa shape index (κ1) is 16.4. The largest absolute Gasteiger partial charge is 0.393 e. The molecule has 0 radical (unpaired) electrons. The van der Waals surface area contributed by atoms with Crippen molar-refractivity contribution in [1.29, 1.82) is 0 Å². The lowest BCUT2D eigenvalue weighted by molar-refractivity contribution is 0.107. The first-order valence-electron chi connectivity index (χ1n) is 6.87. The molecule has 0 spiro atoms. The fourth-order valence-electron chi connectivity index (χ4n) is 2.33. The molecule has 2 rings (SSSR count). The van der Waals surface area contributed by atoms with Crippen LogP contribution in [0.2, 0.25) is 0 Å². The van der Waals surface area contributed by atoms with Gasteiger partial charge < -0.3 is 10.5 Å². The van der Waals surface area contributed by atoms with Crippen LogP contribution in [0.15, 0.2) is 29.2 Å². The first-order valence-corrected chi connectivity index (χ1v) is 8.76. The zero-order valence-electron chi connectivity index (χ0n) is 11.9. The molecule has 2 atom stereocenters. The fourth-order valence-corrected chi connectivity index (χ4v) is 3.59. The van der Waals surface area contributed by atoms with Crippen molar-refractivity contribution in [3.05, 3.63) is 29.8 Å². The average Bonchev–Trinajstić information content (AvgIpc) is 2.82. The van der Waals surface area contributed by atoms with Gasteiger partial charge in [0, 0.05) is 25.5 Å². The van der Waals surface area contributed by atoms with Gasteiger partial charge in [-0.2, -0.15) is 0 Å². The molecule has 2 unspecified atom stereocenters. The van der Waals surface area contributed by atoms with Crippen molar-refractivity contribution in [2.24, 2.45) is 11.7 Å². The number of rotatable bonds is 6. The number of nitrogens with one attached hydrogen (secondary N) is 1. The Morgan fingerprint density at radius 3 is 2.62 bits per heavy atom. The molecule has 1 fully saturated rings. The number of benzene rings is 1. The zero-order valence-corrected chi connectivity index (χ0v) is 13.5. The van der Waals surface area contributed by atoms with Crippen LogP contribution in [0.3, 0.4) is 0 Å². The second-order valence-corrected chi connectivity index (χ2v) is 7.55. The highest BCUT2D eigenvalue weighted by Gasteiger charge is 2.26. The normalized spacial score (nSPS) is 22.3. The summed E-state index contributed by atoms with van der Waals surface area (Å²) < 4.78 is 32.5. The minimum Gasteiger partial charge on any atom is -0.393 e. The molecular weight excluding hydrogens is 308 g/mol. The van der Waals surface area contributed by atoms with Crippen LogP contribution in [0.25, 0.3) is 0 Å². The standard InChI is InChI=1S/C14H20N2O3S2/c1-10-12(6-7-19-10)9-16-21(17,18)13-4-2-11(3-5-13)8-14(15)20/h2-5,10,12,16H,6-9H2,1H3,(H2,15,20). The molecule has 0 aliphatic carbocycles. The van der Waals surface area contributed by atoms with Crippen LogP contribution in [0.1, 0.15) is 18.9 Å². The molecular formula is C14H20N2O3S2. The van der Waals surface area contributed by atoms with E-state index in [0.29, 0.717) is 24.6 Å². The third-order valence-electron chi connectivity index (χ3n) is 3.68. The molecule has 1 aliphatic heterocycles. The third kappa shape index (κ3) is 4.47. The molecule has 0 bridgehead atoms. The quantitative estimate of drug-likeness (QED) is 0.767. The van der Waals surface area contributed by atoms with Gasteiger partial charge in [-0.05, 0) is 31.0 Å². The van der Waals surface area contributed by atoms with E-state index in [2.05, 4.69) is 4.72 Å². The number of ether oxygens (including phenoxy) is 1. The molecule has 1 aromatic carbocycles. The van der Waals surface area contributed by atoms with Crippen molar-refractivity contribution in [3.63, 3.8) is 0 Å². The van der Waals surface area contributed by atoms with Crippen LogP contribution >= 0.6 is 12.2 Å². The average molecular weight is 328 g/mol. The van der Waals surface area contributed by atoms with Gasteiger partial charge in [0.15, 0.2) is 0 Å². The SMILES string of the molecule is CC1OCCC1CNS(=O)(=O)c1ccc(CC(N)=S)cc1. The smallest absolute Gasteiger partial charge is 0.240 e. The van der Waals surface area contributed by atoms with Crippen LogP contribution in [-0.2, 0) is 21.2 Å². The van der Waals surface area contributed by atoms with E-state index in [9.17, 15) is 8.42 Å². The summed E-state index contributed by atoms with van der Waals surface area (Å²) in [6, 6.07) is 6.61. The third-order valence-corrected chi connectivity index (χ3v) is 5.26. The van der Waals surface area contributed by atoms with Crippen LogP contribution < -0.4 is 10.5 Å². The van der Waals surface area contributed by atoms with Crippen molar-refractivity contribution in [3.8, 4) is 0 Å². The maximum Gasteiger partial charge on any atom is 0.240 e. The lowest BCUT2D eigenvalue weighted by Crippen LogP contribution is -2.32. The highest BCUT2D eigenvalue weighted by Crippen LogP contribution is 2.20. The summed E-state index contributed by atoms with van der Waals surface area (Å²) in [6.45, 7) is 3.07. The van der Waals surface area contributed by atoms with Gasteiger partial charge in [-0.15, -0.1) is 0 Å². The van der Waals surface area contributed by atoms with Gasteiger partial charge in [0.1, 0.15) is 0 Å². The van der Waals surface area contributed by atoms with E-state index in [1.807, 2.05) is 6.92 Å². The summed E-state index contributed by atoms with van der Waals surface area (Å²) in [5.41, 5.74) is 6.37. The Hall–Kier alpha value is -1.02. The maximum absolute atomic E-state index is 12.2. The van der Waals surface area contributed by atoms with E-state index in [4.69, 9.17) is 22.7 Å². The lowest BCUT2D eigenvalue weighted by Gasteiger charge is -2.15. The number of hydrogen-bond acceptors (Lipinski definition) is 4. The number of hydrogen-bond donors (Lipinski definition) is 2. The van der Waals surface area contributed by atoms with E-state index in [-0.39, 0.29) is 16.9 Å². The summed E-state index contributed by atoms with van der Waals surface area (Å²) >= 11 is 4.83. The topological polar surface area (TPSA) is 81.4 Å². The van der Waals surface area contributed by atoms with Gasteiger partial charge in [0.2, 0.25) is 10.0 Å². The lowest BCUT2D eigenvalue weighted by atomic mass is 10.0. The maximum atomic E-state index is 12.2. The second-order valence-electron chi connectivity index (χ2n) is 5.26. The Morgan fingerprint density at radius 1 is 1.43 bits per heavy atom. The molecule has 0 amide bonds. The summed E-state index contributed by atoms with van der Waals surface area (Å²) in [7, 11) is -3.49. The first-order chi connectivity index (χ1) is 9.88. The summed E-state index contributed by atoms with van der Waals surface area (Å²) in [4.78, 5) is 0.639. The Bertz CT molecular complexity index is 599. The zero-order chi connectivity index (χ0) is 15.5. The minimum atomic E-state index is -3.49. The Balaban J connectivity index is 2.00. The second kappa shape index (κ2) is 6.83. The van der Waals surface area contributed by atoms with Crippen LogP contribution in [0.4, 0.5) is 0 Å². The van der Waals surface area contributed by atoms with E-state index in [1.165, 1.54) is 0 Å². The van der Waals surface area contributed by atoms with Gasteiger partial charge in [0.25, 0.3) is 0 Å². The summed E-state index contributed by atoms with van der Waals surface area (Å²) in [6.07, 6.45) is 1.46. The molecule has 1 saturated heterocycles. The van der Waals surface area contributed by atoms with Crippen molar-refractivity contribution >= 4 is 27.2 Å². The van der Waals surface area contributed by atoms with Gasteiger partial charge in [-0.3, -0.25) is 0 Å². The molecule has 21 heavy (non-hydrogen) atoms. The van der Waals surface area contributed by atoms with Gasteiger partial charge >= 0.3 is 0 Å². The molecule has 7 heteroatoms. The van der Waals surface area contributed by atoms with E-state index >= 15 is 0 Å². The number of thiocarbonyl (C=S) groups is 1. The molecule has 5 nitrogen and oxygen atoms in total. The number of nitrogens with two attached hydrogens (primary N) is 1. The minimum absolute atomic E-state index is 0.0978. The van der Waals surface area contributed by atoms with Crippen molar-refractivity contribution < 1.29 is 13.2 Å². The molecule has 1 heterocycles. The van der Waals surface area contributed by atoms with Gasteiger partial charge in [-0.25, -0.2) is 13.1 Å². The molecule has 3 N–H and O–H groups in total. The van der Waals surface area contributed by atoms with Gasteiger partial charge in [-0.1, -0.05) is 24.4 Å².